The molecule has 0 unspecified atom stereocenters. The summed E-state index contributed by atoms with van der Waals surface area (Å²) >= 11 is 0. The Morgan fingerprint density at radius 3 is 2.45 bits per heavy atom. The SMILES string of the molecule is COc1ccc([C@@H]2CN(C(=O)C3CCN(C)CC3)CC[C@H]2NC(=O)Nc2ccccc2)nc1. The van der Waals surface area contributed by atoms with Crippen molar-refractivity contribution in [1.29, 1.82) is 0 Å². The number of para-hydroxylation sites is 1. The minimum absolute atomic E-state index is 0.0802. The quantitative estimate of drug-likeness (QED) is 0.730. The molecule has 0 spiro atoms. The van der Waals surface area contributed by atoms with Crippen LogP contribution in [0.5, 0.6) is 5.75 Å². The number of ether oxygens (including phenoxy) is 1. The van der Waals surface area contributed by atoms with Gasteiger partial charge in [-0.3, -0.25) is 9.78 Å². The molecule has 2 aliphatic heterocycles. The van der Waals surface area contributed by atoms with Crippen molar-refractivity contribution in [3.05, 3.63) is 54.4 Å². The van der Waals surface area contributed by atoms with E-state index in [-0.39, 0.29) is 29.8 Å². The molecule has 2 aliphatic rings. The summed E-state index contributed by atoms with van der Waals surface area (Å²) in [6, 6.07) is 12.8. The van der Waals surface area contributed by atoms with E-state index in [1.807, 2.05) is 47.4 Å². The predicted octanol–water partition coefficient (Wildman–Crippen LogP) is 2.94. The number of aromatic nitrogens is 1. The standard InChI is InChI=1S/C25H33N5O3/c1-29-13-10-18(11-14-29)24(31)30-15-12-23(28-25(32)27-19-6-4-3-5-7-19)21(17-30)22-9-8-20(33-2)16-26-22/h3-9,16,18,21,23H,10-15,17H2,1-2H3,(H2,27,28,32)/t21-,23+/m0/s1. The topological polar surface area (TPSA) is 86.8 Å². The number of piperidine rings is 2. The van der Waals surface area contributed by atoms with Gasteiger partial charge in [0.25, 0.3) is 0 Å². The van der Waals surface area contributed by atoms with Crippen molar-refractivity contribution in [2.24, 2.45) is 5.92 Å². The van der Waals surface area contributed by atoms with Gasteiger partial charge in [-0.05, 0) is 63.7 Å². The highest BCUT2D eigenvalue weighted by Gasteiger charge is 2.37. The number of hydrogen-bond acceptors (Lipinski definition) is 5. The summed E-state index contributed by atoms with van der Waals surface area (Å²) in [7, 11) is 3.71. The van der Waals surface area contributed by atoms with Crippen LogP contribution >= 0.6 is 0 Å². The van der Waals surface area contributed by atoms with Gasteiger partial charge in [0, 0.05) is 42.3 Å². The highest BCUT2D eigenvalue weighted by Crippen LogP contribution is 2.30. The second kappa shape index (κ2) is 10.7. The molecule has 2 aromatic rings. The molecule has 176 valence electrons. The molecule has 3 heterocycles. The van der Waals surface area contributed by atoms with E-state index in [9.17, 15) is 9.59 Å². The van der Waals surface area contributed by atoms with Crippen LogP contribution < -0.4 is 15.4 Å². The summed E-state index contributed by atoms with van der Waals surface area (Å²) in [6.45, 7) is 3.09. The fraction of sp³-hybridized carbons (Fsp3) is 0.480. The van der Waals surface area contributed by atoms with Crippen LogP contribution in [0.4, 0.5) is 10.5 Å². The molecule has 8 heteroatoms. The first-order valence-electron chi connectivity index (χ1n) is 11.6. The van der Waals surface area contributed by atoms with E-state index in [1.165, 1.54) is 0 Å². The third-order valence-electron chi connectivity index (χ3n) is 6.72. The zero-order valence-electron chi connectivity index (χ0n) is 19.4. The third-order valence-corrected chi connectivity index (χ3v) is 6.72. The molecule has 2 saturated heterocycles. The summed E-state index contributed by atoms with van der Waals surface area (Å²) in [6.07, 6.45) is 4.17. The highest BCUT2D eigenvalue weighted by molar-refractivity contribution is 5.89. The van der Waals surface area contributed by atoms with Gasteiger partial charge in [-0.2, -0.15) is 0 Å². The molecule has 1 aromatic carbocycles. The molecule has 1 aromatic heterocycles. The number of anilines is 1. The van der Waals surface area contributed by atoms with E-state index in [1.54, 1.807) is 13.3 Å². The number of hydrogen-bond donors (Lipinski definition) is 2. The van der Waals surface area contributed by atoms with Crippen molar-refractivity contribution in [2.75, 3.05) is 45.7 Å². The Labute approximate surface area is 195 Å². The first kappa shape index (κ1) is 23.0. The normalized spacial score (nSPS) is 21.9. The number of pyridine rings is 1. The Bertz CT molecular complexity index is 929. The van der Waals surface area contributed by atoms with E-state index in [2.05, 4.69) is 27.6 Å². The molecule has 0 saturated carbocycles. The predicted molar refractivity (Wildman–Crippen MR) is 127 cm³/mol. The van der Waals surface area contributed by atoms with E-state index in [4.69, 9.17) is 4.74 Å². The Hall–Kier alpha value is -3.13. The summed E-state index contributed by atoms with van der Waals surface area (Å²) in [4.78, 5) is 34.8. The Morgan fingerprint density at radius 2 is 1.79 bits per heavy atom. The zero-order chi connectivity index (χ0) is 23.2. The summed E-state index contributed by atoms with van der Waals surface area (Å²) in [5, 5.41) is 6.02. The van der Waals surface area contributed by atoms with Gasteiger partial charge in [0.15, 0.2) is 0 Å². The molecule has 0 radical (unpaired) electrons. The Morgan fingerprint density at radius 1 is 1.03 bits per heavy atom. The maximum atomic E-state index is 13.3. The van der Waals surface area contributed by atoms with Gasteiger partial charge >= 0.3 is 6.03 Å². The molecule has 0 aliphatic carbocycles. The molecule has 0 bridgehead atoms. The van der Waals surface area contributed by atoms with Crippen molar-refractivity contribution < 1.29 is 14.3 Å². The van der Waals surface area contributed by atoms with Crippen molar-refractivity contribution in [2.45, 2.75) is 31.2 Å². The van der Waals surface area contributed by atoms with Gasteiger partial charge in [0.05, 0.1) is 13.3 Å². The number of carbonyl (C=O) groups is 2. The van der Waals surface area contributed by atoms with Crippen molar-refractivity contribution in [3.8, 4) is 5.75 Å². The number of nitrogens with one attached hydrogen (secondary N) is 2. The van der Waals surface area contributed by atoms with Gasteiger partial charge in [0.1, 0.15) is 5.75 Å². The molecular formula is C25H33N5O3. The lowest BCUT2D eigenvalue weighted by Gasteiger charge is -2.41. The fourth-order valence-corrected chi connectivity index (χ4v) is 4.73. The molecule has 33 heavy (non-hydrogen) atoms. The van der Waals surface area contributed by atoms with E-state index in [0.717, 1.165) is 37.3 Å². The van der Waals surface area contributed by atoms with Gasteiger partial charge < -0.3 is 25.2 Å². The van der Waals surface area contributed by atoms with Crippen molar-refractivity contribution >= 4 is 17.6 Å². The molecule has 2 fully saturated rings. The first-order chi connectivity index (χ1) is 16.0. The smallest absolute Gasteiger partial charge is 0.319 e. The maximum Gasteiger partial charge on any atom is 0.319 e. The van der Waals surface area contributed by atoms with E-state index >= 15 is 0 Å². The molecule has 2 atom stereocenters. The minimum Gasteiger partial charge on any atom is -0.495 e. The maximum absolute atomic E-state index is 13.3. The second-order valence-electron chi connectivity index (χ2n) is 8.95. The van der Waals surface area contributed by atoms with Gasteiger partial charge in [-0.25, -0.2) is 4.79 Å². The molecule has 3 amide bonds. The molecule has 2 N–H and O–H groups in total. The van der Waals surface area contributed by atoms with E-state index < -0.39 is 0 Å². The van der Waals surface area contributed by atoms with E-state index in [0.29, 0.717) is 25.3 Å². The van der Waals surface area contributed by atoms with Crippen molar-refractivity contribution in [1.82, 2.24) is 20.1 Å². The number of urea groups is 1. The number of rotatable bonds is 5. The van der Waals surface area contributed by atoms with Crippen LogP contribution in [-0.4, -0.2) is 73.1 Å². The summed E-state index contributed by atoms with van der Waals surface area (Å²) < 4.78 is 5.25. The van der Waals surface area contributed by atoms with Crippen LogP contribution in [0, 0.1) is 5.92 Å². The average Bonchev–Trinajstić information content (AvgIpc) is 2.85. The van der Waals surface area contributed by atoms with Crippen LogP contribution in [0.1, 0.15) is 30.9 Å². The lowest BCUT2D eigenvalue weighted by molar-refractivity contribution is -0.138. The van der Waals surface area contributed by atoms with Crippen LogP contribution in [0.25, 0.3) is 0 Å². The number of amides is 3. The zero-order valence-corrected chi connectivity index (χ0v) is 19.4. The first-order valence-corrected chi connectivity index (χ1v) is 11.6. The van der Waals surface area contributed by atoms with Crippen LogP contribution in [0.3, 0.4) is 0 Å². The molecule has 8 nitrogen and oxygen atoms in total. The second-order valence-corrected chi connectivity index (χ2v) is 8.95. The largest absolute Gasteiger partial charge is 0.495 e. The number of carbonyl (C=O) groups excluding carboxylic acids is 2. The fourth-order valence-electron chi connectivity index (χ4n) is 4.73. The summed E-state index contributed by atoms with van der Waals surface area (Å²) in [5.74, 6) is 0.895. The highest BCUT2D eigenvalue weighted by atomic mass is 16.5. The Balaban J connectivity index is 1.47. The van der Waals surface area contributed by atoms with Crippen LogP contribution in [0.2, 0.25) is 0 Å². The number of likely N-dealkylation sites (tertiary alicyclic amines) is 2. The average molecular weight is 452 g/mol. The summed E-state index contributed by atoms with van der Waals surface area (Å²) in [5.41, 5.74) is 1.59. The van der Waals surface area contributed by atoms with Crippen molar-refractivity contribution in [3.63, 3.8) is 0 Å². The number of benzene rings is 1. The Kier molecular flexibility index (Phi) is 7.44. The van der Waals surface area contributed by atoms with Gasteiger partial charge in [-0.15, -0.1) is 0 Å². The molecule has 4 rings (SSSR count). The monoisotopic (exact) mass is 451 g/mol. The lowest BCUT2D eigenvalue weighted by Crippen LogP contribution is -2.53. The number of nitrogens with zero attached hydrogens (tertiary/aromatic N) is 3. The number of methoxy groups -OCH3 is 1. The van der Waals surface area contributed by atoms with Gasteiger partial charge in [0.2, 0.25) is 5.91 Å². The molecular weight excluding hydrogens is 418 g/mol. The van der Waals surface area contributed by atoms with Gasteiger partial charge in [-0.1, -0.05) is 18.2 Å². The lowest BCUT2D eigenvalue weighted by atomic mass is 9.87. The van der Waals surface area contributed by atoms with Crippen LogP contribution in [0.15, 0.2) is 48.7 Å². The third kappa shape index (κ3) is 5.82. The van der Waals surface area contributed by atoms with Crippen LogP contribution in [-0.2, 0) is 4.79 Å². The minimum atomic E-state index is -0.250.